The predicted octanol–water partition coefficient (Wildman–Crippen LogP) is 1.70. The van der Waals surface area contributed by atoms with Crippen LogP contribution in [-0.4, -0.2) is 67.5 Å². The van der Waals surface area contributed by atoms with Crippen molar-refractivity contribution in [3.05, 3.63) is 57.3 Å². The van der Waals surface area contributed by atoms with Gasteiger partial charge < -0.3 is 9.47 Å². The molecule has 9 nitrogen and oxygen atoms in total. The van der Waals surface area contributed by atoms with Gasteiger partial charge in [0.25, 0.3) is 0 Å². The fourth-order valence-corrected chi connectivity index (χ4v) is 3.75. The van der Waals surface area contributed by atoms with E-state index >= 15 is 0 Å². The van der Waals surface area contributed by atoms with E-state index in [1.807, 2.05) is 18.2 Å². The van der Waals surface area contributed by atoms with Gasteiger partial charge in [-0.2, -0.15) is 5.26 Å². The van der Waals surface area contributed by atoms with Gasteiger partial charge in [0.2, 0.25) is 0 Å². The Morgan fingerprint density at radius 2 is 2.23 bits per heavy atom. The van der Waals surface area contributed by atoms with Crippen molar-refractivity contribution in [2.45, 2.75) is 24.8 Å². The maximum absolute atomic E-state index is 12.1. The fraction of sp³-hybridized carbons (Fsp3) is 0.476. The van der Waals surface area contributed by atoms with Gasteiger partial charge in [0, 0.05) is 36.2 Å². The second-order valence-electron chi connectivity index (χ2n) is 7.27. The first-order chi connectivity index (χ1) is 14.5. The predicted molar refractivity (Wildman–Crippen MR) is 109 cm³/mol. The van der Waals surface area contributed by atoms with Gasteiger partial charge in [-0.05, 0) is 31.0 Å². The third-order valence-electron chi connectivity index (χ3n) is 5.31. The van der Waals surface area contributed by atoms with Crippen LogP contribution >= 0.6 is 0 Å². The summed E-state index contributed by atoms with van der Waals surface area (Å²) in [6.07, 6.45) is 3.75. The average molecular weight is 412 g/mol. The van der Waals surface area contributed by atoms with Crippen LogP contribution in [0.25, 0.3) is 0 Å². The molecule has 2 aliphatic rings. The first-order valence-corrected chi connectivity index (χ1v) is 9.85. The zero-order valence-corrected chi connectivity index (χ0v) is 16.8. The van der Waals surface area contributed by atoms with Crippen molar-refractivity contribution in [2.24, 2.45) is 4.99 Å². The summed E-state index contributed by atoms with van der Waals surface area (Å²) in [6.45, 7) is 5.10. The molecule has 0 bridgehead atoms. The van der Waals surface area contributed by atoms with Gasteiger partial charge >= 0.3 is 12.0 Å². The molecule has 3 rings (SSSR count). The third kappa shape index (κ3) is 4.72. The van der Waals surface area contributed by atoms with Gasteiger partial charge in [-0.25, -0.2) is 4.79 Å². The number of nitriles is 1. The lowest BCUT2D eigenvalue weighted by Gasteiger charge is -2.38. The Labute approximate surface area is 174 Å². The minimum Gasteiger partial charge on any atom is -0.461 e. The van der Waals surface area contributed by atoms with Gasteiger partial charge in [-0.15, -0.1) is 0 Å². The summed E-state index contributed by atoms with van der Waals surface area (Å²) in [5, 5.41) is 20.8. The highest BCUT2D eigenvalue weighted by Crippen LogP contribution is 2.33. The number of carbonyl (C=O) groups is 1. The van der Waals surface area contributed by atoms with Crippen molar-refractivity contribution < 1.29 is 19.2 Å². The minimum atomic E-state index is -1.65. The summed E-state index contributed by atoms with van der Waals surface area (Å²) in [5.41, 5.74) is 0.948. The molecule has 2 unspecified atom stereocenters. The number of allylic oxidation sites excluding steroid dienone is 1. The molecular formula is C21H24N4O5. The summed E-state index contributed by atoms with van der Waals surface area (Å²) < 4.78 is 10.3. The number of hydrogen-bond donors (Lipinski definition) is 0. The largest absolute Gasteiger partial charge is 0.461 e. The molecule has 158 valence electrons. The molecular weight excluding hydrogens is 388 g/mol. The zero-order valence-electron chi connectivity index (χ0n) is 16.8. The van der Waals surface area contributed by atoms with Crippen LogP contribution < -0.4 is 0 Å². The van der Waals surface area contributed by atoms with E-state index in [2.05, 4.69) is 16.0 Å². The van der Waals surface area contributed by atoms with Gasteiger partial charge in [-0.1, -0.05) is 18.2 Å². The first-order valence-electron chi connectivity index (χ1n) is 9.85. The summed E-state index contributed by atoms with van der Waals surface area (Å²) in [7, 11) is 0. The van der Waals surface area contributed by atoms with E-state index in [9.17, 15) is 20.2 Å². The molecule has 1 aromatic carbocycles. The van der Waals surface area contributed by atoms with E-state index in [1.54, 1.807) is 25.3 Å². The van der Waals surface area contributed by atoms with E-state index in [4.69, 9.17) is 9.47 Å². The summed E-state index contributed by atoms with van der Waals surface area (Å²) in [4.78, 5) is 29.5. The molecule has 2 aliphatic heterocycles. The second kappa shape index (κ2) is 9.61. The standard InChI is InChI=1S/C21H24N4O5/c1-2-30-20(26)19(25(27)28)18-6-7-21(14-23-18,15-24-8-10-29-11-9-24)17-5-3-4-16(12-17)13-22/h3-6,12,14,19H,2,7-11,15H2,1H3. The summed E-state index contributed by atoms with van der Waals surface area (Å²) in [5.74, 6) is -0.918. The van der Waals surface area contributed by atoms with Crippen LogP contribution in [-0.2, 0) is 19.7 Å². The number of hydrogen-bond acceptors (Lipinski definition) is 8. The van der Waals surface area contributed by atoms with E-state index in [0.29, 0.717) is 31.7 Å². The van der Waals surface area contributed by atoms with Crippen molar-refractivity contribution in [2.75, 3.05) is 39.5 Å². The van der Waals surface area contributed by atoms with Crippen LogP contribution in [0.3, 0.4) is 0 Å². The van der Waals surface area contributed by atoms with Crippen molar-refractivity contribution in [1.82, 2.24) is 4.90 Å². The highest BCUT2D eigenvalue weighted by molar-refractivity contribution is 5.82. The molecule has 0 amide bonds. The van der Waals surface area contributed by atoms with Crippen LogP contribution in [0.5, 0.6) is 0 Å². The lowest BCUT2D eigenvalue weighted by atomic mass is 9.76. The Bertz CT molecular complexity index is 901. The number of carbonyl (C=O) groups excluding carboxylic acids is 1. The molecule has 0 spiro atoms. The first kappa shape index (κ1) is 21.6. The number of rotatable bonds is 7. The maximum Gasteiger partial charge on any atom is 0.388 e. The highest BCUT2D eigenvalue weighted by atomic mass is 16.6. The second-order valence-corrected chi connectivity index (χ2v) is 7.27. The molecule has 0 aromatic heterocycles. The smallest absolute Gasteiger partial charge is 0.388 e. The molecule has 0 N–H and O–H groups in total. The molecule has 2 heterocycles. The van der Waals surface area contributed by atoms with Gasteiger partial charge in [0.05, 0.1) is 31.5 Å². The molecule has 0 saturated carbocycles. The van der Waals surface area contributed by atoms with E-state index < -0.39 is 22.3 Å². The number of nitrogens with zero attached hydrogens (tertiary/aromatic N) is 4. The number of nitro groups is 1. The molecule has 2 atom stereocenters. The van der Waals surface area contributed by atoms with Crippen LogP contribution in [0.1, 0.15) is 24.5 Å². The topological polar surface area (TPSA) is 118 Å². The number of aliphatic imine (C=N–C) groups is 1. The van der Waals surface area contributed by atoms with E-state index in [1.165, 1.54) is 0 Å². The Kier molecular flexibility index (Phi) is 6.92. The van der Waals surface area contributed by atoms with E-state index in [0.717, 1.165) is 18.7 Å². The molecule has 9 heteroatoms. The number of benzene rings is 1. The molecule has 1 fully saturated rings. The van der Waals surface area contributed by atoms with Gasteiger partial charge in [0.1, 0.15) is 5.70 Å². The molecule has 1 saturated heterocycles. The van der Waals surface area contributed by atoms with Gasteiger partial charge in [0.15, 0.2) is 0 Å². The van der Waals surface area contributed by atoms with Crippen molar-refractivity contribution >= 4 is 12.2 Å². The Hall–Kier alpha value is -3.09. The van der Waals surface area contributed by atoms with Crippen LogP contribution in [0, 0.1) is 21.4 Å². The SMILES string of the molecule is CCOC(=O)C(C1=CCC(CN2CCOCC2)(c2cccc(C#N)c2)C=N1)[N+](=O)[O-]. The number of morpholine rings is 1. The normalized spacial score (nSPS) is 22.6. The monoisotopic (exact) mass is 412 g/mol. The lowest BCUT2D eigenvalue weighted by molar-refractivity contribution is -0.500. The molecule has 0 aliphatic carbocycles. The highest BCUT2D eigenvalue weighted by Gasteiger charge is 2.41. The van der Waals surface area contributed by atoms with Crippen LogP contribution in [0.15, 0.2) is 41.0 Å². The third-order valence-corrected chi connectivity index (χ3v) is 5.31. The number of esters is 1. The van der Waals surface area contributed by atoms with Crippen molar-refractivity contribution in [1.29, 1.82) is 5.26 Å². The Morgan fingerprint density at radius 3 is 2.83 bits per heavy atom. The average Bonchev–Trinajstić information content (AvgIpc) is 2.76. The van der Waals surface area contributed by atoms with Crippen molar-refractivity contribution in [3.63, 3.8) is 0 Å². The summed E-state index contributed by atoms with van der Waals surface area (Å²) >= 11 is 0. The quantitative estimate of drug-likeness (QED) is 0.380. The molecule has 30 heavy (non-hydrogen) atoms. The zero-order chi connectivity index (χ0) is 21.6. The fourth-order valence-electron chi connectivity index (χ4n) is 3.75. The van der Waals surface area contributed by atoms with Crippen LogP contribution in [0.4, 0.5) is 0 Å². The number of ether oxygens (including phenoxy) is 2. The van der Waals surface area contributed by atoms with Crippen molar-refractivity contribution in [3.8, 4) is 6.07 Å². The molecule has 0 radical (unpaired) electrons. The Morgan fingerprint density at radius 1 is 1.47 bits per heavy atom. The van der Waals surface area contributed by atoms with Crippen LogP contribution in [0.2, 0.25) is 0 Å². The van der Waals surface area contributed by atoms with E-state index in [-0.39, 0.29) is 12.3 Å². The van der Waals surface area contributed by atoms with Gasteiger partial charge in [-0.3, -0.25) is 20.0 Å². The maximum atomic E-state index is 12.1. The Balaban J connectivity index is 1.93. The minimum absolute atomic E-state index is 0.0576. The molecule has 1 aromatic rings. The summed E-state index contributed by atoms with van der Waals surface area (Å²) in [6, 6.07) is 7.82. The lowest BCUT2D eigenvalue weighted by Crippen LogP contribution is -2.47.